The van der Waals surface area contributed by atoms with Crippen molar-refractivity contribution in [2.24, 2.45) is 5.92 Å². The van der Waals surface area contributed by atoms with E-state index < -0.39 is 0 Å². The Morgan fingerprint density at radius 3 is 2.61 bits per heavy atom. The first kappa shape index (κ1) is 15.5. The highest BCUT2D eigenvalue weighted by Crippen LogP contribution is 2.25. The van der Waals surface area contributed by atoms with Crippen LogP contribution in [0.25, 0.3) is 0 Å². The van der Waals surface area contributed by atoms with Crippen molar-refractivity contribution in [3.63, 3.8) is 0 Å². The molecule has 0 N–H and O–H groups in total. The summed E-state index contributed by atoms with van der Waals surface area (Å²) in [5, 5.41) is 0. The van der Waals surface area contributed by atoms with Crippen LogP contribution < -0.4 is 4.90 Å². The van der Waals surface area contributed by atoms with Crippen LogP contribution in [0.4, 0.5) is 5.82 Å². The topological polar surface area (TPSA) is 55.3 Å². The summed E-state index contributed by atoms with van der Waals surface area (Å²) >= 11 is 0. The quantitative estimate of drug-likeness (QED) is 0.813. The Morgan fingerprint density at radius 2 is 1.96 bits per heavy atom. The van der Waals surface area contributed by atoms with E-state index in [-0.39, 0.29) is 18.0 Å². The number of esters is 1. The van der Waals surface area contributed by atoms with E-state index in [1.54, 1.807) is 18.6 Å². The number of anilines is 1. The van der Waals surface area contributed by atoms with Gasteiger partial charge in [-0.05, 0) is 25.3 Å². The summed E-state index contributed by atoms with van der Waals surface area (Å²) in [5.41, 5.74) is 1.03. The van der Waals surface area contributed by atoms with Gasteiger partial charge in [0.25, 0.3) is 0 Å². The molecule has 1 aliphatic heterocycles. The molecule has 2 heterocycles. The number of nitrogens with zero attached hydrogens (tertiary/aromatic N) is 3. The highest BCUT2D eigenvalue weighted by Gasteiger charge is 2.28. The Hall–Kier alpha value is -2.43. The molecule has 1 fully saturated rings. The highest BCUT2D eigenvalue weighted by molar-refractivity contribution is 5.73. The van der Waals surface area contributed by atoms with Crippen LogP contribution in [-0.4, -0.2) is 29.0 Å². The lowest BCUT2D eigenvalue weighted by Crippen LogP contribution is -2.37. The van der Waals surface area contributed by atoms with Crippen LogP contribution in [0.2, 0.25) is 0 Å². The predicted molar refractivity (Wildman–Crippen MR) is 87.9 cm³/mol. The minimum absolute atomic E-state index is 0.0333. The molecule has 120 valence electrons. The number of carbonyl (C=O) groups is 1. The number of ether oxygens (including phenoxy) is 1. The molecule has 1 atom stereocenters. The van der Waals surface area contributed by atoms with Gasteiger partial charge in [-0.3, -0.25) is 9.78 Å². The lowest BCUT2D eigenvalue weighted by Gasteiger charge is -2.31. The average molecular weight is 311 g/mol. The zero-order valence-corrected chi connectivity index (χ0v) is 13.3. The first-order valence-corrected chi connectivity index (χ1v) is 8.00. The second-order valence-corrected chi connectivity index (χ2v) is 5.81. The number of piperidine rings is 1. The van der Waals surface area contributed by atoms with Gasteiger partial charge >= 0.3 is 5.97 Å². The van der Waals surface area contributed by atoms with Crippen molar-refractivity contribution in [1.82, 2.24) is 9.97 Å². The molecule has 0 bridgehead atoms. The number of carbonyl (C=O) groups excluding carboxylic acids is 1. The van der Waals surface area contributed by atoms with Gasteiger partial charge < -0.3 is 9.64 Å². The monoisotopic (exact) mass is 311 g/mol. The molecule has 0 radical (unpaired) electrons. The van der Waals surface area contributed by atoms with Crippen molar-refractivity contribution in [2.75, 3.05) is 18.0 Å². The molecule has 1 saturated heterocycles. The molecule has 1 aliphatic rings. The smallest absolute Gasteiger partial charge is 0.309 e. The van der Waals surface area contributed by atoms with Gasteiger partial charge in [0.05, 0.1) is 12.1 Å². The van der Waals surface area contributed by atoms with Gasteiger partial charge in [0.15, 0.2) is 0 Å². The van der Waals surface area contributed by atoms with Gasteiger partial charge in [-0.15, -0.1) is 0 Å². The second kappa shape index (κ2) is 7.22. The molecule has 1 unspecified atom stereocenters. The largest absolute Gasteiger partial charge is 0.458 e. The second-order valence-electron chi connectivity index (χ2n) is 5.81. The molecule has 5 nitrogen and oxygen atoms in total. The maximum Gasteiger partial charge on any atom is 0.309 e. The molecule has 1 aromatic heterocycles. The third-order valence-corrected chi connectivity index (χ3v) is 4.26. The van der Waals surface area contributed by atoms with E-state index in [1.165, 1.54) is 0 Å². The SMILES string of the molecule is CC(OC(=O)C1CCN(c2cnccn2)CC1)c1ccccc1. The lowest BCUT2D eigenvalue weighted by molar-refractivity contribution is -0.154. The average Bonchev–Trinajstić information content (AvgIpc) is 2.63. The Kier molecular flexibility index (Phi) is 4.86. The third-order valence-electron chi connectivity index (χ3n) is 4.26. The molecule has 2 aromatic rings. The van der Waals surface area contributed by atoms with Crippen molar-refractivity contribution in [3.8, 4) is 0 Å². The maximum absolute atomic E-state index is 12.4. The third kappa shape index (κ3) is 3.86. The summed E-state index contributed by atoms with van der Waals surface area (Å²) in [6, 6.07) is 9.83. The summed E-state index contributed by atoms with van der Waals surface area (Å²) in [6.45, 7) is 3.53. The zero-order valence-electron chi connectivity index (χ0n) is 13.3. The van der Waals surface area contributed by atoms with E-state index in [0.29, 0.717) is 0 Å². The van der Waals surface area contributed by atoms with E-state index in [0.717, 1.165) is 37.3 Å². The number of hydrogen-bond donors (Lipinski definition) is 0. The fraction of sp³-hybridized carbons (Fsp3) is 0.389. The van der Waals surface area contributed by atoms with Crippen LogP contribution in [0.1, 0.15) is 31.4 Å². The van der Waals surface area contributed by atoms with E-state index in [4.69, 9.17) is 4.74 Å². The van der Waals surface area contributed by atoms with Crippen molar-refractivity contribution in [3.05, 3.63) is 54.5 Å². The zero-order chi connectivity index (χ0) is 16.1. The highest BCUT2D eigenvalue weighted by atomic mass is 16.5. The van der Waals surface area contributed by atoms with Crippen molar-refractivity contribution in [1.29, 1.82) is 0 Å². The van der Waals surface area contributed by atoms with Gasteiger partial charge in [0, 0.05) is 25.5 Å². The van der Waals surface area contributed by atoms with Crippen LogP contribution >= 0.6 is 0 Å². The number of rotatable bonds is 4. The Morgan fingerprint density at radius 1 is 1.22 bits per heavy atom. The number of aromatic nitrogens is 2. The summed E-state index contributed by atoms with van der Waals surface area (Å²) in [5.74, 6) is 0.742. The molecule has 0 aliphatic carbocycles. The predicted octanol–water partition coefficient (Wildman–Crippen LogP) is 3.00. The van der Waals surface area contributed by atoms with E-state index in [9.17, 15) is 4.79 Å². The minimum Gasteiger partial charge on any atom is -0.458 e. The van der Waals surface area contributed by atoms with Crippen LogP contribution in [-0.2, 0) is 9.53 Å². The molecular formula is C18H21N3O2. The molecule has 5 heteroatoms. The minimum atomic E-state index is -0.207. The summed E-state index contributed by atoms with van der Waals surface area (Å²) < 4.78 is 5.63. The molecule has 0 saturated carbocycles. The van der Waals surface area contributed by atoms with Crippen LogP contribution in [0.15, 0.2) is 48.9 Å². The Bertz CT molecular complexity index is 625. The molecule has 3 rings (SSSR count). The summed E-state index contributed by atoms with van der Waals surface area (Å²) in [6.07, 6.45) is 6.49. The molecule has 23 heavy (non-hydrogen) atoms. The molecular weight excluding hydrogens is 290 g/mol. The van der Waals surface area contributed by atoms with Crippen molar-refractivity contribution < 1.29 is 9.53 Å². The van der Waals surface area contributed by atoms with Gasteiger partial charge in [-0.2, -0.15) is 0 Å². The Balaban J connectivity index is 1.52. The first-order chi connectivity index (χ1) is 11.2. The van der Waals surface area contributed by atoms with Crippen molar-refractivity contribution >= 4 is 11.8 Å². The summed E-state index contributed by atoms with van der Waals surface area (Å²) in [4.78, 5) is 22.9. The van der Waals surface area contributed by atoms with E-state index in [2.05, 4.69) is 14.9 Å². The molecule has 0 spiro atoms. The fourth-order valence-corrected chi connectivity index (χ4v) is 2.86. The van der Waals surface area contributed by atoms with Crippen LogP contribution in [0, 0.1) is 5.92 Å². The molecule has 1 aromatic carbocycles. The number of benzene rings is 1. The first-order valence-electron chi connectivity index (χ1n) is 8.00. The van der Waals surface area contributed by atoms with E-state index >= 15 is 0 Å². The van der Waals surface area contributed by atoms with Gasteiger partial charge in [-0.1, -0.05) is 30.3 Å². The fourth-order valence-electron chi connectivity index (χ4n) is 2.86. The van der Waals surface area contributed by atoms with Crippen LogP contribution in [0.3, 0.4) is 0 Å². The maximum atomic E-state index is 12.4. The van der Waals surface area contributed by atoms with Gasteiger partial charge in [-0.25, -0.2) is 4.98 Å². The van der Waals surface area contributed by atoms with Gasteiger partial charge in [0.1, 0.15) is 11.9 Å². The molecule has 0 amide bonds. The van der Waals surface area contributed by atoms with Crippen LogP contribution in [0.5, 0.6) is 0 Å². The lowest BCUT2D eigenvalue weighted by atomic mass is 9.97. The Labute approximate surface area is 136 Å². The van der Waals surface area contributed by atoms with E-state index in [1.807, 2.05) is 37.3 Å². The normalized spacial score (nSPS) is 16.8. The summed E-state index contributed by atoms with van der Waals surface area (Å²) in [7, 11) is 0. The number of hydrogen-bond acceptors (Lipinski definition) is 5. The van der Waals surface area contributed by atoms with Crippen molar-refractivity contribution in [2.45, 2.75) is 25.9 Å². The standard InChI is InChI=1S/C18H21N3O2/c1-14(15-5-3-2-4-6-15)23-18(22)16-7-11-21(12-8-16)17-13-19-9-10-20-17/h2-6,9-10,13-14,16H,7-8,11-12H2,1H3. The van der Waals surface area contributed by atoms with Gasteiger partial charge in [0.2, 0.25) is 0 Å².